The van der Waals surface area contributed by atoms with Gasteiger partial charge in [0.2, 0.25) is 0 Å². The van der Waals surface area contributed by atoms with Crippen LogP contribution in [-0.4, -0.2) is 48.0 Å². The first-order chi connectivity index (χ1) is 16.9. The largest absolute Gasteiger partial charge is 0.416 e. The molecule has 0 unspecified atom stereocenters. The number of nitrogens with zero attached hydrogens (tertiary/aromatic N) is 3. The van der Waals surface area contributed by atoms with Gasteiger partial charge in [0.05, 0.1) is 11.3 Å². The number of piperidine rings is 1. The van der Waals surface area contributed by atoms with Crippen LogP contribution in [0.25, 0.3) is 11.3 Å². The quantitative estimate of drug-likeness (QED) is 0.457. The number of carbonyl (C=O) groups is 1. The van der Waals surface area contributed by atoms with Crippen LogP contribution >= 0.6 is 11.3 Å². The van der Waals surface area contributed by atoms with E-state index in [9.17, 15) is 18.0 Å². The predicted molar refractivity (Wildman–Crippen MR) is 133 cm³/mol. The van der Waals surface area contributed by atoms with Crippen molar-refractivity contribution >= 4 is 28.1 Å². The molecule has 35 heavy (non-hydrogen) atoms. The molecule has 0 aliphatic carbocycles. The predicted octanol–water partition coefficient (Wildman–Crippen LogP) is 6.15. The summed E-state index contributed by atoms with van der Waals surface area (Å²) in [5.41, 5.74) is 1.22. The number of amides is 1. The summed E-state index contributed by atoms with van der Waals surface area (Å²) >= 11 is 1.24. The van der Waals surface area contributed by atoms with Crippen molar-refractivity contribution < 1.29 is 18.0 Å². The van der Waals surface area contributed by atoms with Gasteiger partial charge >= 0.3 is 6.18 Å². The Morgan fingerprint density at radius 2 is 1.71 bits per heavy atom. The summed E-state index contributed by atoms with van der Waals surface area (Å²) in [6.07, 6.45) is -0.268. The number of likely N-dealkylation sites (tertiary alicyclic amines) is 1. The first kappa shape index (κ1) is 23.8. The van der Waals surface area contributed by atoms with Gasteiger partial charge in [0.25, 0.3) is 5.91 Å². The van der Waals surface area contributed by atoms with Crippen molar-refractivity contribution in [1.82, 2.24) is 9.88 Å². The highest BCUT2D eigenvalue weighted by atomic mass is 32.1. The summed E-state index contributed by atoms with van der Waals surface area (Å²) in [5.74, 6) is -0.599. The Balaban J connectivity index is 1.33. The van der Waals surface area contributed by atoms with Gasteiger partial charge in [0, 0.05) is 41.3 Å². The fraction of sp³-hybridized carbons (Fsp3) is 0.385. The molecule has 9 heteroatoms. The summed E-state index contributed by atoms with van der Waals surface area (Å²) in [6.45, 7) is 3.58. The standard InChI is InChI=1S/C26H27F3N4OS/c27-26(28,29)20-14-19(24(34)31-25-30-23(17-35-25)18-6-2-1-3-7-18)15-22(16-20)33-12-8-21(9-13-33)32-10-4-5-11-32/h1-3,6-7,14-17,21H,4-5,8-13H2,(H,30,31,34). The van der Waals surface area contributed by atoms with E-state index in [0.29, 0.717) is 35.6 Å². The van der Waals surface area contributed by atoms with E-state index >= 15 is 0 Å². The van der Waals surface area contributed by atoms with Crippen molar-refractivity contribution in [2.45, 2.75) is 37.9 Å². The first-order valence-corrected chi connectivity index (χ1v) is 12.8. The number of halogens is 3. The summed E-state index contributed by atoms with van der Waals surface area (Å²) < 4.78 is 41.1. The molecule has 0 radical (unpaired) electrons. The Labute approximate surface area is 206 Å². The molecule has 0 atom stereocenters. The van der Waals surface area contributed by atoms with Gasteiger partial charge in [0.1, 0.15) is 0 Å². The molecule has 5 rings (SSSR count). The normalized spacial score (nSPS) is 17.6. The van der Waals surface area contributed by atoms with E-state index in [4.69, 9.17) is 0 Å². The highest BCUT2D eigenvalue weighted by molar-refractivity contribution is 7.14. The Bertz CT molecular complexity index is 1170. The lowest BCUT2D eigenvalue weighted by molar-refractivity contribution is -0.137. The molecular formula is C26H27F3N4OS. The van der Waals surface area contributed by atoms with Crippen molar-refractivity contribution in [3.63, 3.8) is 0 Å². The molecule has 2 aliphatic heterocycles. The average molecular weight is 501 g/mol. The average Bonchev–Trinajstić information content (AvgIpc) is 3.57. The van der Waals surface area contributed by atoms with Gasteiger partial charge in [-0.1, -0.05) is 30.3 Å². The zero-order chi connectivity index (χ0) is 24.4. The summed E-state index contributed by atoms with van der Waals surface area (Å²) in [5, 5.41) is 4.84. The van der Waals surface area contributed by atoms with Crippen molar-refractivity contribution in [2.24, 2.45) is 0 Å². The minimum absolute atomic E-state index is 0.0204. The SMILES string of the molecule is O=C(Nc1nc(-c2ccccc2)cs1)c1cc(N2CCC(N3CCCC3)CC2)cc(C(F)(F)F)c1. The Morgan fingerprint density at radius 3 is 2.40 bits per heavy atom. The van der Waals surface area contributed by atoms with Gasteiger partial charge < -0.3 is 9.80 Å². The van der Waals surface area contributed by atoms with Gasteiger partial charge in [-0.3, -0.25) is 10.1 Å². The molecule has 3 heterocycles. The summed E-state index contributed by atoms with van der Waals surface area (Å²) in [6, 6.07) is 13.6. The minimum Gasteiger partial charge on any atom is -0.371 e. The van der Waals surface area contributed by atoms with Gasteiger partial charge in [0.15, 0.2) is 5.13 Å². The smallest absolute Gasteiger partial charge is 0.371 e. The molecule has 184 valence electrons. The molecule has 1 N–H and O–H groups in total. The molecule has 0 bridgehead atoms. The van der Waals surface area contributed by atoms with E-state index < -0.39 is 17.6 Å². The fourth-order valence-electron chi connectivity index (χ4n) is 4.93. The van der Waals surface area contributed by atoms with Crippen LogP contribution in [0.2, 0.25) is 0 Å². The second kappa shape index (κ2) is 9.99. The van der Waals surface area contributed by atoms with Gasteiger partial charge in [-0.05, 0) is 57.0 Å². The van der Waals surface area contributed by atoms with Crippen molar-refractivity contribution in [1.29, 1.82) is 0 Å². The molecule has 2 fully saturated rings. The number of hydrogen-bond acceptors (Lipinski definition) is 5. The topological polar surface area (TPSA) is 48.5 Å². The fourth-order valence-corrected chi connectivity index (χ4v) is 5.64. The van der Waals surface area contributed by atoms with Crippen molar-refractivity contribution in [2.75, 3.05) is 36.4 Å². The maximum atomic E-state index is 13.7. The third-order valence-electron chi connectivity index (χ3n) is 6.79. The van der Waals surface area contributed by atoms with Crippen LogP contribution in [0.3, 0.4) is 0 Å². The van der Waals surface area contributed by atoms with Gasteiger partial charge in [-0.15, -0.1) is 11.3 Å². The number of anilines is 2. The van der Waals surface area contributed by atoms with Crippen LogP contribution in [0, 0.1) is 0 Å². The molecule has 3 aromatic rings. The zero-order valence-electron chi connectivity index (χ0n) is 19.2. The maximum Gasteiger partial charge on any atom is 0.416 e. The number of benzene rings is 2. The van der Waals surface area contributed by atoms with Crippen LogP contribution in [0.1, 0.15) is 41.6 Å². The second-order valence-electron chi connectivity index (χ2n) is 9.09. The molecule has 2 aliphatic rings. The minimum atomic E-state index is -4.54. The number of nitrogens with one attached hydrogen (secondary N) is 1. The highest BCUT2D eigenvalue weighted by Crippen LogP contribution is 2.35. The van der Waals surface area contributed by atoms with E-state index in [1.54, 1.807) is 6.07 Å². The molecule has 5 nitrogen and oxygen atoms in total. The Kier molecular flexibility index (Phi) is 6.80. The molecule has 1 aromatic heterocycles. The number of carbonyl (C=O) groups excluding carboxylic acids is 1. The van der Waals surface area contributed by atoms with E-state index in [0.717, 1.165) is 43.6 Å². The maximum absolute atomic E-state index is 13.7. The lowest BCUT2D eigenvalue weighted by Gasteiger charge is -2.38. The molecule has 2 saturated heterocycles. The van der Waals surface area contributed by atoms with Crippen LogP contribution in [0.15, 0.2) is 53.9 Å². The van der Waals surface area contributed by atoms with E-state index in [1.165, 1.54) is 24.2 Å². The number of alkyl halides is 3. The molecular weight excluding hydrogens is 473 g/mol. The third-order valence-corrected chi connectivity index (χ3v) is 7.55. The van der Waals surface area contributed by atoms with E-state index in [2.05, 4.69) is 15.2 Å². The summed E-state index contributed by atoms with van der Waals surface area (Å²) in [4.78, 5) is 21.9. The number of aromatic nitrogens is 1. The van der Waals surface area contributed by atoms with Crippen LogP contribution in [0.4, 0.5) is 24.0 Å². The van der Waals surface area contributed by atoms with E-state index in [1.807, 2.05) is 40.6 Å². The molecule has 0 spiro atoms. The molecule has 2 aromatic carbocycles. The number of hydrogen-bond donors (Lipinski definition) is 1. The van der Waals surface area contributed by atoms with Gasteiger partial charge in [-0.25, -0.2) is 4.98 Å². The monoisotopic (exact) mass is 500 g/mol. The van der Waals surface area contributed by atoms with E-state index in [-0.39, 0.29) is 5.56 Å². The van der Waals surface area contributed by atoms with Crippen LogP contribution < -0.4 is 10.2 Å². The highest BCUT2D eigenvalue weighted by Gasteiger charge is 2.33. The Hall–Kier alpha value is -2.91. The molecule has 1 amide bonds. The lowest BCUT2D eigenvalue weighted by atomic mass is 10.0. The molecule has 0 saturated carbocycles. The number of thiazole rings is 1. The van der Waals surface area contributed by atoms with Crippen LogP contribution in [0.5, 0.6) is 0 Å². The van der Waals surface area contributed by atoms with Crippen molar-refractivity contribution in [3.8, 4) is 11.3 Å². The second-order valence-corrected chi connectivity index (χ2v) is 9.94. The third kappa shape index (κ3) is 5.51. The zero-order valence-corrected chi connectivity index (χ0v) is 20.0. The summed E-state index contributed by atoms with van der Waals surface area (Å²) in [7, 11) is 0. The number of rotatable bonds is 5. The van der Waals surface area contributed by atoms with Gasteiger partial charge in [-0.2, -0.15) is 13.2 Å². The Morgan fingerprint density at radius 1 is 1.00 bits per heavy atom. The van der Waals surface area contributed by atoms with Crippen molar-refractivity contribution in [3.05, 3.63) is 65.0 Å². The lowest BCUT2D eigenvalue weighted by Crippen LogP contribution is -2.44. The first-order valence-electron chi connectivity index (χ1n) is 11.9. The van der Waals surface area contributed by atoms with Crippen LogP contribution in [-0.2, 0) is 6.18 Å².